The van der Waals surface area contributed by atoms with Crippen molar-refractivity contribution in [3.8, 4) is 0 Å². The van der Waals surface area contributed by atoms with Crippen LogP contribution in [0.4, 0.5) is 0 Å². The van der Waals surface area contributed by atoms with E-state index in [1.54, 1.807) is 0 Å². The van der Waals surface area contributed by atoms with Crippen LogP contribution in [-0.2, 0) is 19.1 Å². The summed E-state index contributed by atoms with van der Waals surface area (Å²) in [6, 6.07) is 0. The Morgan fingerprint density at radius 3 is 2.65 bits per heavy atom. The number of methoxy groups -OCH3 is 1. The van der Waals surface area contributed by atoms with Gasteiger partial charge in [-0.15, -0.1) is 0 Å². The van der Waals surface area contributed by atoms with Gasteiger partial charge in [0, 0.05) is 18.1 Å². The first-order valence-electron chi connectivity index (χ1n) is 4.97. The quantitative estimate of drug-likeness (QED) is 0.502. The first-order chi connectivity index (χ1) is 7.99. The van der Waals surface area contributed by atoms with Crippen molar-refractivity contribution in [2.75, 3.05) is 7.11 Å². The Kier molecular flexibility index (Phi) is 4.42. The normalized spacial score (nSPS) is 27.9. The molecule has 6 heteroatoms. The lowest BCUT2D eigenvalue weighted by molar-refractivity contribution is -0.157. The number of hydrogen-bond acceptors (Lipinski definition) is 6. The van der Waals surface area contributed by atoms with Gasteiger partial charge >= 0.3 is 11.9 Å². The predicted octanol–water partition coefficient (Wildman–Crippen LogP) is -0.691. The van der Waals surface area contributed by atoms with Gasteiger partial charge in [0.1, 0.15) is 6.10 Å². The van der Waals surface area contributed by atoms with E-state index in [4.69, 9.17) is 4.74 Å². The van der Waals surface area contributed by atoms with Crippen molar-refractivity contribution in [2.45, 2.75) is 24.7 Å². The van der Waals surface area contributed by atoms with E-state index in [0.29, 0.717) is 0 Å². The number of carbonyl (C=O) groups is 2. The number of rotatable bonds is 3. The van der Waals surface area contributed by atoms with E-state index in [9.17, 15) is 19.8 Å². The molecular weight excluding hydrogens is 228 g/mol. The highest BCUT2D eigenvalue weighted by molar-refractivity contribution is 5.89. The van der Waals surface area contributed by atoms with Crippen LogP contribution in [0, 0.1) is 0 Å². The fourth-order valence-corrected chi connectivity index (χ4v) is 1.55. The second-order valence-electron chi connectivity index (χ2n) is 3.55. The second kappa shape index (κ2) is 5.60. The number of aliphatic hydroxyl groups is 2. The van der Waals surface area contributed by atoms with E-state index in [0.717, 1.165) is 6.08 Å². The summed E-state index contributed by atoms with van der Waals surface area (Å²) in [6.45, 7) is 3.21. The third-order valence-corrected chi connectivity index (χ3v) is 2.38. The van der Waals surface area contributed by atoms with Crippen molar-refractivity contribution >= 4 is 11.9 Å². The van der Waals surface area contributed by atoms with Crippen LogP contribution in [0.5, 0.6) is 0 Å². The largest absolute Gasteiger partial charge is 0.466 e. The van der Waals surface area contributed by atoms with Crippen LogP contribution in [0.1, 0.15) is 6.42 Å². The van der Waals surface area contributed by atoms with Crippen LogP contribution in [0.25, 0.3) is 0 Å². The van der Waals surface area contributed by atoms with Gasteiger partial charge in [-0.2, -0.15) is 0 Å². The average molecular weight is 242 g/mol. The predicted molar refractivity (Wildman–Crippen MR) is 56.8 cm³/mol. The molecule has 0 fully saturated rings. The van der Waals surface area contributed by atoms with Gasteiger partial charge in [-0.05, 0) is 6.08 Å². The number of aliphatic hydroxyl groups excluding tert-OH is 2. The lowest BCUT2D eigenvalue weighted by Crippen LogP contribution is -2.44. The lowest BCUT2D eigenvalue weighted by atomic mass is 9.92. The summed E-state index contributed by atoms with van der Waals surface area (Å²) in [7, 11) is 1.20. The highest BCUT2D eigenvalue weighted by Gasteiger charge is 2.35. The Morgan fingerprint density at radius 1 is 1.53 bits per heavy atom. The molecule has 0 aromatic rings. The number of hydrogen-bond donors (Lipinski definition) is 2. The van der Waals surface area contributed by atoms with Crippen molar-refractivity contribution in [1.82, 2.24) is 0 Å². The molecule has 3 atom stereocenters. The molecule has 1 aliphatic carbocycles. The Morgan fingerprint density at radius 2 is 2.18 bits per heavy atom. The fourth-order valence-electron chi connectivity index (χ4n) is 1.55. The molecule has 1 rings (SSSR count). The summed E-state index contributed by atoms with van der Waals surface area (Å²) in [5, 5.41) is 19.3. The molecule has 0 aromatic heterocycles. The summed E-state index contributed by atoms with van der Waals surface area (Å²) in [5.74, 6) is -1.38. The van der Waals surface area contributed by atoms with Crippen molar-refractivity contribution in [3.63, 3.8) is 0 Å². The van der Waals surface area contributed by atoms with E-state index in [1.165, 1.54) is 13.2 Å². The van der Waals surface area contributed by atoms with Crippen molar-refractivity contribution < 1.29 is 29.3 Å². The molecule has 0 amide bonds. The maximum Gasteiger partial charge on any atom is 0.333 e. The Hall–Kier alpha value is -1.66. The van der Waals surface area contributed by atoms with E-state index in [-0.39, 0.29) is 12.0 Å². The summed E-state index contributed by atoms with van der Waals surface area (Å²) in [5.41, 5.74) is 0.151. The van der Waals surface area contributed by atoms with Gasteiger partial charge in [0.2, 0.25) is 0 Å². The maximum absolute atomic E-state index is 11.2. The fraction of sp³-hybridized carbons (Fsp3) is 0.455. The highest BCUT2D eigenvalue weighted by Crippen LogP contribution is 2.23. The molecule has 1 aliphatic rings. The molecule has 0 radical (unpaired) electrons. The molecule has 0 saturated carbocycles. The molecule has 2 N–H and O–H groups in total. The molecule has 0 aliphatic heterocycles. The summed E-state index contributed by atoms with van der Waals surface area (Å²) in [6.07, 6.45) is -1.42. The lowest BCUT2D eigenvalue weighted by Gasteiger charge is -2.30. The first-order valence-corrected chi connectivity index (χ1v) is 4.97. The zero-order valence-electron chi connectivity index (χ0n) is 9.33. The molecule has 0 aromatic carbocycles. The summed E-state index contributed by atoms with van der Waals surface area (Å²) in [4.78, 5) is 22.2. The Labute approximate surface area is 98.1 Å². The third-order valence-electron chi connectivity index (χ3n) is 2.38. The molecular formula is C11H14O6. The number of ether oxygens (including phenoxy) is 2. The smallest absolute Gasteiger partial charge is 0.333 e. The third kappa shape index (κ3) is 3.15. The zero-order chi connectivity index (χ0) is 13.0. The standard InChI is InChI=1S/C11H14O6/c1-3-9(14)17-10-7(12)4-6(5-8(10)13)11(15)16-2/h3-4,7-8,10,12-13H,1,5H2,2H3/t7-,8-,10-/m1/s1. The van der Waals surface area contributed by atoms with Gasteiger partial charge in [0.25, 0.3) is 0 Å². The summed E-state index contributed by atoms with van der Waals surface area (Å²) < 4.78 is 9.24. The van der Waals surface area contributed by atoms with Gasteiger partial charge in [0.05, 0.1) is 13.2 Å². The molecule has 6 nitrogen and oxygen atoms in total. The van der Waals surface area contributed by atoms with Crippen molar-refractivity contribution in [1.29, 1.82) is 0 Å². The monoisotopic (exact) mass is 242 g/mol. The minimum Gasteiger partial charge on any atom is -0.466 e. The average Bonchev–Trinajstić information content (AvgIpc) is 2.32. The zero-order valence-corrected chi connectivity index (χ0v) is 9.33. The number of carbonyl (C=O) groups excluding carboxylic acids is 2. The van der Waals surface area contributed by atoms with Crippen LogP contribution in [0.3, 0.4) is 0 Å². The highest BCUT2D eigenvalue weighted by atomic mass is 16.6. The van der Waals surface area contributed by atoms with Crippen LogP contribution >= 0.6 is 0 Å². The Bertz CT molecular complexity index is 359. The topological polar surface area (TPSA) is 93.1 Å². The van der Waals surface area contributed by atoms with Crippen LogP contribution in [0.2, 0.25) is 0 Å². The van der Waals surface area contributed by atoms with Crippen molar-refractivity contribution in [2.24, 2.45) is 0 Å². The molecule has 0 bridgehead atoms. The van der Waals surface area contributed by atoms with E-state index < -0.39 is 30.3 Å². The molecule has 0 unspecified atom stereocenters. The van der Waals surface area contributed by atoms with E-state index >= 15 is 0 Å². The van der Waals surface area contributed by atoms with Gasteiger partial charge in [-0.25, -0.2) is 9.59 Å². The van der Waals surface area contributed by atoms with Crippen LogP contribution in [0.15, 0.2) is 24.3 Å². The molecule has 17 heavy (non-hydrogen) atoms. The van der Waals surface area contributed by atoms with Gasteiger partial charge in [-0.1, -0.05) is 6.58 Å². The molecule has 0 spiro atoms. The first kappa shape index (κ1) is 13.4. The SMILES string of the molecule is C=CC(=O)O[C@@H]1[C@H](O)C=C(C(=O)OC)C[C@H]1O. The molecule has 0 saturated heterocycles. The van der Waals surface area contributed by atoms with E-state index in [1.807, 2.05) is 0 Å². The molecule has 0 heterocycles. The van der Waals surface area contributed by atoms with Gasteiger partial charge < -0.3 is 19.7 Å². The number of esters is 2. The molecule has 94 valence electrons. The van der Waals surface area contributed by atoms with Gasteiger partial charge in [-0.3, -0.25) is 0 Å². The second-order valence-corrected chi connectivity index (χ2v) is 3.55. The van der Waals surface area contributed by atoms with Crippen LogP contribution < -0.4 is 0 Å². The van der Waals surface area contributed by atoms with Gasteiger partial charge in [0.15, 0.2) is 6.10 Å². The van der Waals surface area contributed by atoms with Crippen molar-refractivity contribution in [3.05, 3.63) is 24.3 Å². The maximum atomic E-state index is 11.2. The van der Waals surface area contributed by atoms with E-state index in [2.05, 4.69) is 11.3 Å². The minimum atomic E-state index is -1.25. The summed E-state index contributed by atoms with van der Waals surface area (Å²) >= 11 is 0. The minimum absolute atomic E-state index is 0.0428. The Balaban J connectivity index is 2.79. The van der Waals surface area contributed by atoms with Crippen LogP contribution in [-0.4, -0.2) is 47.6 Å².